The molecule has 30 heavy (non-hydrogen) atoms. The number of hydrogen-bond acceptors (Lipinski definition) is 0. The minimum Gasteiger partial charge on any atom is 0 e. The molecule has 0 unspecified atom stereocenters. The van der Waals surface area contributed by atoms with Gasteiger partial charge in [0.2, 0.25) is 0 Å². The summed E-state index contributed by atoms with van der Waals surface area (Å²) in [7, 11) is 0. The Labute approximate surface area is 196 Å². The molecule has 7 nitrogen and oxygen atoms in total. The minimum absolute atomic E-state index is 0. The molecule has 0 aliphatic carbocycles. The van der Waals surface area contributed by atoms with Gasteiger partial charge in [-0.1, -0.05) is 53.4 Å². The fourth-order valence-electron chi connectivity index (χ4n) is 2.64. The molecule has 0 atom stereocenters. The quantitative estimate of drug-likeness (QED) is 0.226. The van der Waals surface area contributed by atoms with Crippen LogP contribution in [0.15, 0.2) is 0 Å². The minimum atomic E-state index is 0. The van der Waals surface area contributed by atoms with Gasteiger partial charge < -0.3 is 4.48 Å². The van der Waals surface area contributed by atoms with E-state index in [4.69, 9.17) is 27.9 Å². The predicted molar refractivity (Wildman–Crippen MR) is 103 cm³/mol. The van der Waals surface area contributed by atoms with E-state index in [1.165, 1.54) is 82.0 Å². The molecule has 0 saturated heterocycles. The summed E-state index contributed by atoms with van der Waals surface area (Å²) in [5, 5.41) is 0. The molecule has 0 aromatic heterocycles. The summed E-state index contributed by atoms with van der Waals surface area (Å²) in [5.74, 6) is 0. The first kappa shape index (κ1) is 51.5. The molecule has 0 amide bonds. The molecule has 0 saturated carbocycles. The van der Waals surface area contributed by atoms with Gasteiger partial charge in [0.1, 0.15) is 0 Å². The summed E-state index contributed by atoms with van der Waals surface area (Å²) in [6, 6.07) is 0. The number of rotatable bonds is 12. The summed E-state index contributed by atoms with van der Waals surface area (Å²) in [4.78, 5) is 0. The molecule has 0 spiro atoms. The van der Waals surface area contributed by atoms with E-state index in [2.05, 4.69) is 67.6 Å². The third-order valence-electron chi connectivity index (χ3n) is 3.94. The van der Waals surface area contributed by atoms with Crippen LogP contribution in [-0.4, -0.2) is 30.7 Å². The standard InChI is InChI=1S/C16H36N.6CO.V/c1-5-9-13-17(14-10-6-2,15-11-7-3)16-12-8-4;6*1-2;/h5-16H2,1-4H3;;;;;;;/q+1;;;;;;;. The van der Waals surface area contributed by atoms with Crippen LogP contribution in [0.3, 0.4) is 0 Å². The molecule has 8 heteroatoms. The average Bonchev–Trinajstić information content (AvgIpc) is 2.85. The second-order valence-electron chi connectivity index (χ2n) is 5.65. The fourth-order valence-corrected chi connectivity index (χ4v) is 2.64. The first-order valence-corrected chi connectivity index (χ1v) is 9.32. The molecule has 0 heterocycles. The van der Waals surface area contributed by atoms with Crippen LogP contribution in [0.25, 0.3) is 0 Å². The van der Waals surface area contributed by atoms with Gasteiger partial charge in [-0.3, -0.25) is 0 Å². The zero-order valence-electron chi connectivity index (χ0n) is 18.8. The topological polar surface area (TPSA) is 119 Å². The Bertz CT molecular complexity index is 291. The first-order chi connectivity index (χ1) is 14.2. The van der Waals surface area contributed by atoms with Crippen molar-refractivity contribution in [1.29, 1.82) is 0 Å². The Morgan fingerprint density at radius 2 is 0.533 bits per heavy atom. The Morgan fingerprint density at radius 1 is 0.400 bits per heavy atom. The van der Waals surface area contributed by atoms with Crippen molar-refractivity contribution >= 4 is 0 Å². The van der Waals surface area contributed by atoms with E-state index in [0.29, 0.717) is 0 Å². The van der Waals surface area contributed by atoms with Crippen LogP contribution in [0.5, 0.6) is 0 Å². The third-order valence-corrected chi connectivity index (χ3v) is 3.94. The van der Waals surface area contributed by atoms with Crippen molar-refractivity contribution in [3.05, 3.63) is 39.9 Å². The molecule has 0 rings (SSSR count). The van der Waals surface area contributed by atoms with Crippen LogP contribution < -0.4 is 0 Å². The second-order valence-corrected chi connectivity index (χ2v) is 5.65. The van der Waals surface area contributed by atoms with E-state index in [0.717, 1.165) is 0 Å². The third kappa shape index (κ3) is 50.6. The normalized spacial score (nSPS) is 7.20. The molecule has 0 N–H and O–H groups in total. The second kappa shape index (κ2) is 70.6. The summed E-state index contributed by atoms with van der Waals surface area (Å²) in [6.45, 7) is 42.0. The number of nitrogens with zero attached hydrogens (tertiary/aromatic N) is 1. The van der Waals surface area contributed by atoms with Gasteiger partial charge in [0, 0.05) is 18.6 Å². The van der Waals surface area contributed by atoms with Gasteiger partial charge in [0.25, 0.3) is 0 Å². The van der Waals surface area contributed by atoms with Crippen molar-refractivity contribution in [2.24, 2.45) is 0 Å². The van der Waals surface area contributed by atoms with Crippen molar-refractivity contribution in [2.75, 3.05) is 26.2 Å². The SMILES string of the molecule is CCCC[N+](CCCC)(CCCC)CCCC.[C-]#[O+].[C-]#[O+].[C-]#[O+].[C-]#[O+].[C-]#[O+].[C-]#[O+].[V]. The summed E-state index contributed by atoms with van der Waals surface area (Å²) in [6.07, 6.45) is 11.1. The van der Waals surface area contributed by atoms with Crippen LogP contribution in [-0.2, 0) is 46.5 Å². The van der Waals surface area contributed by atoms with Crippen LogP contribution in [0.4, 0.5) is 0 Å². The molecule has 0 aromatic carbocycles. The summed E-state index contributed by atoms with van der Waals surface area (Å²) < 4.78 is 46.4. The summed E-state index contributed by atoms with van der Waals surface area (Å²) in [5.41, 5.74) is 0. The molecule has 0 aromatic rings. The monoisotopic (exact) mass is 461 g/mol. The fraction of sp³-hybridized carbons (Fsp3) is 0.727. The maximum atomic E-state index is 7.50. The zero-order chi connectivity index (χ0) is 25.0. The van der Waals surface area contributed by atoms with Crippen molar-refractivity contribution in [2.45, 2.75) is 79.1 Å². The average molecular weight is 461 g/mol. The Balaban J connectivity index is -0.0000000530. The van der Waals surface area contributed by atoms with Gasteiger partial charge in [-0.15, -0.1) is 0 Å². The largest absolute Gasteiger partial charge is 0 e. The van der Waals surface area contributed by atoms with Crippen molar-refractivity contribution < 1.29 is 51.0 Å². The maximum absolute atomic E-state index is 7.50. The van der Waals surface area contributed by atoms with Crippen molar-refractivity contribution in [3.8, 4) is 0 Å². The van der Waals surface area contributed by atoms with E-state index in [1.807, 2.05) is 0 Å². The van der Waals surface area contributed by atoms with Gasteiger partial charge in [-0.2, -0.15) is 0 Å². The Hall–Kier alpha value is -1.02. The Morgan fingerprint density at radius 3 is 0.633 bits per heavy atom. The molecule has 0 aliphatic rings. The molecule has 1 radical (unpaired) electrons. The van der Waals surface area contributed by atoms with Gasteiger partial charge in [0.15, 0.2) is 0 Å². The molecule has 169 valence electrons. The van der Waals surface area contributed by atoms with Crippen molar-refractivity contribution in [1.82, 2.24) is 0 Å². The zero-order valence-corrected chi connectivity index (χ0v) is 20.2. The van der Waals surface area contributed by atoms with Gasteiger partial charge >= 0.3 is 67.8 Å². The smallest absolute Gasteiger partial charge is 0 e. The molecular weight excluding hydrogens is 425 g/mol. The Kier molecular flexibility index (Phi) is 121. The van der Waals surface area contributed by atoms with Crippen LogP contribution >= 0.6 is 0 Å². The van der Waals surface area contributed by atoms with E-state index in [1.54, 1.807) is 0 Å². The van der Waals surface area contributed by atoms with Gasteiger partial charge in [-0.25, -0.2) is 0 Å². The number of quaternary nitrogens is 1. The van der Waals surface area contributed by atoms with E-state index in [9.17, 15) is 0 Å². The first-order valence-electron chi connectivity index (χ1n) is 9.32. The van der Waals surface area contributed by atoms with Gasteiger partial charge in [-0.05, 0) is 25.7 Å². The van der Waals surface area contributed by atoms with Crippen LogP contribution in [0, 0.1) is 39.9 Å². The van der Waals surface area contributed by atoms with Crippen molar-refractivity contribution in [3.63, 3.8) is 0 Å². The molecule has 0 fully saturated rings. The summed E-state index contributed by atoms with van der Waals surface area (Å²) >= 11 is 0. The number of hydrogen-bond donors (Lipinski definition) is 0. The maximum Gasteiger partial charge on any atom is 0 e. The molecule has 0 bridgehead atoms. The molecular formula is C22H36NO6V+. The van der Waals surface area contributed by atoms with E-state index < -0.39 is 0 Å². The number of unbranched alkanes of at least 4 members (excludes halogenated alkanes) is 4. The molecule has 0 aliphatic heterocycles. The van der Waals surface area contributed by atoms with E-state index >= 15 is 0 Å². The van der Waals surface area contributed by atoms with Crippen LogP contribution in [0.2, 0.25) is 0 Å². The van der Waals surface area contributed by atoms with Gasteiger partial charge in [0.05, 0.1) is 26.2 Å². The van der Waals surface area contributed by atoms with Crippen LogP contribution in [0.1, 0.15) is 79.1 Å². The predicted octanol–water partition coefficient (Wildman–Crippen LogP) is 4.78. The van der Waals surface area contributed by atoms with E-state index in [-0.39, 0.29) is 18.6 Å².